The van der Waals surface area contributed by atoms with E-state index in [9.17, 15) is 0 Å². The van der Waals surface area contributed by atoms with Crippen LogP contribution in [0.4, 0.5) is 0 Å². The minimum atomic E-state index is 0.617. The molecular formula is C57H36N4. The van der Waals surface area contributed by atoms with Crippen LogP contribution in [0.1, 0.15) is 0 Å². The van der Waals surface area contributed by atoms with Crippen molar-refractivity contribution in [3.63, 3.8) is 0 Å². The number of benzene rings is 10. The second-order valence-corrected chi connectivity index (χ2v) is 15.6. The minimum absolute atomic E-state index is 0.617. The molecule has 0 aliphatic heterocycles. The standard InChI is InChI=1S/C57H36N4/c1-3-14-38(15-4-1)50-36-45(61-52-33-30-39-17-10-12-24-48(39)54(52)51-34-43-20-7-8-21-44(43)35-53(51)61)31-32-49(50)57-59-55(41-18-5-2-6-19-41)58-56(60-57)42-28-26-40(27-29-42)47-25-13-22-37-16-9-11-23-46(37)47/h1-36H. The van der Waals surface area contributed by atoms with Crippen molar-refractivity contribution in [3.8, 4) is 62.1 Å². The van der Waals surface area contributed by atoms with Crippen LogP contribution in [0.15, 0.2) is 218 Å². The number of hydrogen-bond donors (Lipinski definition) is 0. The van der Waals surface area contributed by atoms with Crippen molar-refractivity contribution in [2.45, 2.75) is 0 Å². The first-order valence-electron chi connectivity index (χ1n) is 20.7. The third-order valence-corrected chi connectivity index (χ3v) is 12.0. The van der Waals surface area contributed by atoms with Crippen molar-refractivity contribution < 1.29 is 0 Å². The molecule has 12 rings (SSSR count). The quantitative estimate of drug-likeness (QED) is 0.169. The van der Waals surface area contributed by atoms with Gasteiger partial charge < -0.3 is 4.57 Å². The minimum Gasteiger partial charge on any atom is -0.309 e. The van der Waals surface area contributed by atoms with Crippen molar-refractivity contribution in [3.05, 3.63) is 218 Å². The van der Waals surface area contributed by atoms with E-state index in [1.807, 2.05) is 18.2 Å². The van der Waals surface area contributed by atoms with E-state index in [1.165, 1.54) is 48.7 Å². The van der Waals surface area contributed by atoms with Crippen molar-refractivity contribution in [2.75, 3.05) is 0 Å². The molecule has 61 heavy (non-hydrogen) atoms. The third kappa shape index (κ3) is 5.96. The highest BCUT2D eigenvalue weighted by atomic mass is 15.0. The molecule has 0 aliphatic carbocycles. The van der Waals surface area contributed by atoms with E-state index in [0.29, 0.717) is 17.5 Å². The van der Waals surface area contributed by atoms with Crippen LogP contribution in [0.3, 0.4) is 0 Å². The van der Waals surface area contributed by atoms with Crippen LogP contribution in [0.2, 0.25) is 0 Å². The molecule has 2 heterocycles. The lowest BCUT2D eigenvalue weighted by molar-refractivity contribution is 1.07. The Balaban J connectivity index is 1.06. The Hall–Kier alpha value is -8.21. The highest BCUT2D eigenvalue weighted by Gasteiger charge is 2.20. The Morgan fingerprint density at radius 2 is 0.820 bits per heavy atom. The summed E-state index contributed by atoms with van der Waals surface area (Å²) >= 11 is 0. The average molecular weight is 777 g/mol. The predicted molar refractivity (Wildman–Crippen MR) is 254 cm³/mol. The maximum Gasteiger partial charge on any atom is 0.164 e. The monoisotopic (exact) mass is 776 g/mol. The van der Waals surface area contributed by atoms with Crippen LogP contribution in [0.25, 0.3) is 116 Å². The van der Waals surface area contributed by atoms with Gasteiger partial charge in [-0.25, -0.2) is 15.0 Å². The van der Waals surface area contributed by atoms with Gasteiger partial charge in [0.15, 0.2) is 17.5 Å². The normalized spacial score (nSPS) is 11.6. The SMILES string of the molecule is c1ccc(-c2nc(-c3ccc(-c4cccc5ccccc45)cc3)nc(-c3ccc(-n4c5cc6ccccc6cc5c5c6ccccc6ccc54)cc3-c3ccccc3)n2)cc1. The van der Waals surface area contributed by atoms with Gasteiger partial charge in [-0.05, 0) is 91.0 Å². The molecule has 0 fully saturated rings. The molecule has 12 aromatic rings. The summed E-state index contributed by atoms with van der Waals surface area (Å²) in [5.41, 5.74) is 10.6. The molecule has 0 bridgehead atoms. The van der Waals surface area contributed by atoms with E-state index in [-0.39, 0.29) is 0 Å². The fourth-order valence-corrected chi connectivity index (χ4v) is 9.09. The van der Waals surface area contributed by atoms with Crippen LogP contribution < -0.4 is 0 Å². The van der Waals surface area contributed by atoms with Gasteiger partial charge in [0, 0.05) is 33.2 Å². The fourth-order valence-electron chi connectivity index (χ4n) is 9.09. The summed E-state index contributed by atoms with van der Waals surface area (Å²) in [4.78, 5) is 15.6. The summed E-state index contributed by atoms with van der Waals surface area (Å²) in [7, 11) is 0. The molecule has 4 heteroatoms. The lowest BCUT2D eigenvalue weighted by Crippen LogP contribution is -2.02. The predicted octanol–water partition coefficient (Wildman–Crippen LogP) is 14.8. The highest BCUT2D eigenvalue weighted by Crippen LogP contribution is 2.41. The van der Waals surface area contributed by atoms with Crippen molar-refractivity contribution >= 4 is 54.1 Å². The Morgan fingerprint density at radius 3 is 1.56 bits per heavy atom. The maximum atomic E-state index is 5.27. The maximum absolute atomic E-state index is 5.27. The molecule has 0 aliphatic rings. The van der Waals surface area contributed by atoms with Gasteiger partial charge in [0.2, 0.25) is 0 Å². The molecule has 0 unspecified atom stereocenters. The number of rotatable bonds is 6. The molecular weight excluding hydrogens is 741 g/mol. The van der Waals surface area contributed by atoms with Gasteiger partial charge in [0.1, 0.15) is 0 Å². The molecule has 10 aromatic carbocycles. The lowest BCUT2D eigenvalue weighted by Gasteiger charge is -2.16. The van der Waals surface area contributed by atoms with Crippen LogP contribution in [0.5, 0.6) is 0 Å². The molecule has 0 amide bonds. The van der Waals surface area contributed by atoms with Gasteiger partial charge >= 0.3 is 0 Å². The lowest BCUT2D eigenvalue weighted by atomic mass is 9.97. The summed E-state index contributed by atoms with van der Waals surface area (Å²) in [5, 5.41) is 9.85. The molecule has 0 saturated carbocycles. The molecule has 0 N–H and O–H groups in total. The van der Waals surface area contributed by atoms with Crippen LogP contribution in [-0.2, 0) is 0 Å². The van der Waals surface area contributed by atoms with Gasteiger partial charge in [0.05, 0.1) is 11.0 Å². The van der Waals surface area contributed by atoms with E-state index in [0.717, 1.165) is 50.1 Å². The fraction of sp³-hybridized carbons (Fsp3) is 0. The van der Waals surface area contributed by atoms with Crippen molar-refractivity contribution in [2.24, 2.45) is 0 Å². The summed E-state index contributed by atoms with van der Waals surface area (Å²) in [6, 6.07) is 77.6. The van der Waals surface area contributed by atoms with E-state index in [2.05, 4.69) is 205 Å². The second-order valence-electron chi connectivity index (χ2n) is 15.6. The second kappa shape index (κ2) is 14.3. The smallest absolute Gasteiger partial charge is 0.164 e. The van der Waals surface area contributed by atoms with Gasteiger partial charge in [0.25, 0.3) is 0 Å². The van der Waals surface area contributed by atoms with Crippen LogP contribution >= 0.6 is 0 Å². The zero-order valence-electron chi connectivity index (χ0n) is 33.1. The number of aromatic nitrogens is 4. The van der Waals surface area contributed by atoms with Crippen LogP contribution in [0, 0.1) is 0 Å². The molecule has 0 saturated heterocycles. The van der Waals surface area contributed by atoms with E-state index in [4.69, 9.17) is 15.0 Å². The largest absolute Gasteiger partial charge is 0.309 e. The van der Waals surface area contributed by atoms with Crippen molar-refractivity contribution in [1.29, 1.82) is 0 Å². The molecule has 4 nitrogen and oxygen atoms in total. The van der Waals surface area contributed by atoms with Gasteiger partial charge in [-0.2, -0.15) is 0 Å². The summed E-state index contributed by atoms with van der Waals surface area (Å²) in [6.45, 7) is 0. The first-order valence-corrected chi connectivity index (χ1v) is 20.7. The number of nitrogens with zero attached hydrogens (tertiary/aromatic N) is 4. The Morgan fingerprint density at radius 1 is 0.279 bits per heavy atom. The van der Waals surface area contributed by atoms with Gasteiger partial charge in [-0.1, -0.05) is 182 Å². The first-order chi connectivity index (χ1) is 30.2. The molecule has 2 aromatic heterocycles. The summed E-state index contributed by atoms with van der Waals surface area (Å²) in [5.74, 6) is 1.87. The Kier molecular flexibility index (Phi) is 8.13. The van der Waals surface area contributed by atoms with Crippen LogP contribution in [-0.4, -0.2) is 19.5 Å². The van der Waals surface area contributed by atoms with E-state index < -0.39 is 0 Å². The van der Waals surface area contributed by atoms with Gasteiger partial charge in [-0.15, -0.1) is 0 Å². The third-order valence-electron chi connectivity index (χ3n) is 12.0. The van der Waals surface area contributed by atoms with E-state index in [1.54, 1.807) is 0 Å². The Bertz CT molecular complexity index is 3620. The summed E-state index contributed by atoms with van der Waals surface area (Å²) < 4.78 is 2.42. The van der Waals surface area contributed by atoms with E-state index >= 15 is 0 Å². The zero-order valence-corrected chi connectivity index (χ0v) is 33.1. The average Bonchev–Trinajstić information content (AvgIpc) is 3.67. The molecule has 0 radical (unpaired) electrons. The molecule has 0 atom stereocenters. The Labute approximate surface area is 352 Å². The highest BCUT2D eigenvalue weighted by molar-refractivity contribution is 6.23. The molecule has 0 spiro atoms. The molecule has 284 valence electrons. The summed E-state index contributed by atoms with van der Waals surface area (Å²) in [6.07, 6.45) is 0. The topological polar surface area (TPSA) is 43.6 Å². The first kappa shape index (κ1) is 34.8. The number of hydrogen-bond acceptors (Lipinski definition) is 3. The number of fused-ring (bicyclic) bond motifs is 7. The van der Waals surface area contributed by atoms with Crippen molar-refractivity contribution in [1.82, 2.24) is 19.5 Å². The van der Waals surface area contributed by atoms with Gasteiger partial charge in [-0.3, -0.25) is 0 Å². The zero-order chi connectivity index (χ0) is 40.3.